The molecule has 1 rings (SSSR count). The van der Waals surface area contributed by atoms with Crippen molar-refractivity contribution in [2.24, 2.45) is 5.73 Å². The van der Waals surface area contributed by atoms with E-state index in [-0.39, 0.29) is 29.3 Å². The van der Waals surface area contributed by atoms with Crippen LogP contribution in [0.4, 0.5) is 17.1 Å². The molecule has 11 nitrogen and oxygen atoms in total. The number of methoxy groups -OCH3 is 1. The number of hydrogen-bond donors (Lipinski definition) is 4. The Balaban J connectivity index is 0.000000541. The standard InChI is InChI=1S/C9H8N4O2.C9H13N3O2/c1-7(12)8(6-11)5-9(13(14)15)3-2-4-10;1-5(13)12-8-3-7(11)9(14-2)4-6(8)10/h3,5H,1-2,12H2;3-4H,10-11H2,1-2H3,(H,12,13)/b8-5-,9-3+;. The maximum atomic E-state index is 10.8. The van der Waals surface area contributed by atoms with E-state index in [0.29, 0.717) is 22.8 Å². The number of nitro groups is 1. The van der Waals surface area contributed by atoms with Gasteiger partial charge in [-0.25, -0.2) is 0 Å². The number of rotatable bonds is 6. The van der Waals surface area contributed by atoms with Gasteiger partial charge in [0.25, 0.3) is 5.70 Å². The normalized spacial score (nSPS) is 10.5. The predicted molar refractivity (Wildman–Crippen MR) is 108 cm³/mol. The van der Waals surface area contributed by atoms with E-state index >= 15 is 0 Å². The van der Waals surface area contributed by atoms with Crippen LogP contribution in [-0.4, -0.2) is 17.9 Å². The van der Waals surface area contributed by atoms with Crippen LogP contribution < -0.4 is 27.3 Å². The number of nitrogens with one attached hydrogen (secondary N) is 1. The van der Waals surface area contributed by atoms with E-state index in [1.165, 1.54) is 14.0 Å². The number of ether oxygens (including phenoxy) is 1. The van der Waals surface area contributed by atoms with Crippen LogP contribution in [0.2, 0.25) is 0 Å². The van der Waals surface area contributed by atoms with Crippen molar-refractivity contribution in [3.8, 4) is 17.9 Å². The molecule has 0 bridgehead atoms. The zero-order chi connectivity index (χ0) is 22.6. The van der Waals surface area contributed by atoms with E-state index in [2.05, 4.69) is 11.9 Å². The molecule has 0 aliphatic rings. The first-order chi connectivity index (χ1) is 13.6. The third-order valence-electron chi connectivity index (χ3n) is 3.08. The zero-order valence-corrected chi connectivity index (χ0v) is 15.9. The molecule has 1 amide bonds. The minimum atomic E-state index is -0.697. The number of carbonyl (C=O) groups is 1. The maximum Gasteiger partial charge on any atom is 0.267 e. The Kier molecular flexibility index (Phi) is 10.1. The highest BCUT2D eigenvalue weighted by molar-refractivity contribution is 5.93. The smallest absolute Gasteiger partial charge is 0.267 e. The quantitative estimate of drug-likeness (QED) is 0.180. The van der Waals surface area contributed by atoms with Crippen LogP contribution in [0, 0.1) is 32.8 Å². The van der Waals surface area contributed by atoms with Crippen molar-refractivity contribution in [3.63, 3.8) is 0 Å². The van der Waals surface area contributed by atoms with E-state index in [4.69, 9.17) is 32.5 Å². The maximum absolute atomic E-state index is 10.8. The number of nitriles is 2. The second-order valence-corrected chi connectivity index (χ2v) is 5.31. The van der Waals surface area contributed by atoms with Gasteiger partial charge >= 0.3 is 0 Å². The second kappa shape index (κ2) is 12.0. The van der Waals surface area contributed by atoms with Gasteiger partial charge in [0.1, 0.15) is 11.8 Å². The molecule has 29 heavy (non-hydrogen) atoms. The fourth-order valence-electron chi connectivity index (χ4n) is 1.77. The summed E-state index contributed by atoms with van der Waals surface area (Å²) in [7, 11) is 1.50. The summed E-state index contributed by atoms with van der Waals surface area (Å²) < 4.78 is 4.97. The topological polar surface area (TPSA) is 207 Å². The van der Waals surface area contributed by atoms with Gasteiger partial charge in [0.2, 0.25) is 5.91 Å². The Morgan fingerprint density at radius 2 is 2.00 bits per heavy atom. The van der Waals surface area contributed by atoms with Crippen LogP contribution in [-0.2, 0) is 4.79 Å². The summed E-state index contributed by atoms with van der Waals surface area (Å²) >= 11 is 0. The summed E-state index contributed by atoms with van der Waals surface area (Å²) in [6.45, 7) is 4.69. The van der Waals surface area contributed by atoms with Crippen LogP contribution in [0.1, 0.15) is 13.3 Å². The van der Waals surface area contributed by atoms with Crippen molar-refractivity contribution in [1.82, 2.24) is 0 Å². The highest BCUT2D eigenvalue weighted by Crippen LogP contribution is 2.30. The monoisotopic (exact) mass is 399 g/mol. The lowest BCUT2D eigenvalue weighted by Gasteiger charge is -2.10. The summed E-state index contributed by atoms with van der Waals surface area (Å²) in [6.07, 6.45) is 1.97. The van der Waals surface area contributed by atoms with Gasteiger partial charge in [-0.1, -0.05) is 6.58 Å². The molecule has 1 aromatic carbocycles. The number of benzene rings is 1. The number of anilines is 3. The highest BCUT2D eigenvalue weighted by atomic mass is 16.6. The van der Waals surface area contributed by atoms with Crippen LogP contribution in [0.3, 0.4) is 0 Å². The average Bonchev–Trinajstić information content (AvgIpc) is 2.64. The van der Waals surface area contributed by atoms with E-state index in [0.717, 1.165) is 12.2 Å². The molecule has 0 atom stereocenters. The lowest BCUT2D eigenvalue weighted by Crippen LogP contribution is -2.09. The van der Waals surface area contributed by atoms with E-state index in [1.54, 1.807) is 24.3 Å². The van der Waals surface area contributed by atoms with Crippen LogP contribution in [0.25, 0.3) is 0 Å². The van der Waals surface area contributed by atoms with Gasteiger partial charge in [-0.05, 0) is 6.07 Å². The molecule has 0 heterocycles. The minimum Gasteiger partial charge on any atom is -0.495 e. The molecule has 0 saturated carbocycles. The van der Waals surface area contributed by atoms with E-state index in [1.807, 2.05) is 0 Å². The molecule has 11 heteroatoms. The minimum absolute atomic E-state index is 0.0535. The Morgan fingerprint density at radius 3 is 2.41 bits per heavy atom. The summed E-state index contributed by atoms with van der Waals surface area (Å²) in [6, 6.07) is 6.53. The van der Waals surface area contributed by atoms with E-state index in [9.17, 15) is 14.9 Å². The lowest BCUT2D eigenvalue weighted by atomic mass is 10.2. The number of nitrogen functional groups attached to an aromatic ring is 2. The summed E-state index contributed by atoms with van der Waals surface area (Å²) in [5, 5.41) is 29.9. The van der Waals surface area contributed by atoms with Crippen molar-refractivity contribution in [2.45, 2.75) is 13.3 Å². The molecular weight excluding hydrogens is 378 g/mol. The predicted octanol–water partition coefficient (Wildman–Crippen LogP) is 1.80. The van der Waals surface area contributed by atoms with Gasteiger partial charge in [0.15, 0.2) is 0 Å². The fraction of sp³-hybridized carbons (Fsp3) is 0.167. The molecule has 0 spiro atoms. The lowest BCUT2D eigenvalue weighted by molar-refractivity contribution is -0.419. The molecule has 152 valence electrons. The van der Waals surface area contributed by atoms with Crippen LogP contribution >= 0.6 is 0 Å². The van der Waals surface area contributed by atoms with Gasteiger partial charge < -0.3 is 27.3 Å². The van der Waals surface area contributed by atoms with Gasteiger partial charge in [0, 0.05) is 30.8 Å². The van der Waals surface area contributed by atoms with Crippen molar-refractivity contribution in [2.75, 3.05) is 23.9 Å². The number of amides is 1. The van der Waals surface area contributed by atoms with Crippen molar-refractivity contribution in [1.29, 1.82) is 10.5 Å². The highest BCUT2D eigenvalue weighted by Gasteiger charge is 2.09. The SMILES string of the molecule is C=C(N)/C(C#N)=C\C(=C/CC#N)[N+](=O)[O-].COc1cc(N)c(NC(C)=O)cc1N. The summed E-state index contributed by atoms with van der Waals surface area (Å²) in [4.78, 5) is 20.6. The Hall–Kier alpha value is -4.51. The molecule has 7 N–H and O–H groups in total. The fourth-order valence-corrected chi connectivity index (χ4v) is 1.77. The molecule has 0 aliphatic heterocycles. The molecule has 0 radical (unpaired) electrons. The third kappa shape index (κ3) is 8.61. The number of nitrogens with zero attached hydrogens (tertiary/aromatic N) is 3. The first-order valence-electron chi connectivity index (χ1n) is 7.85. The Bertz CT molecular complexity index is 937. The summed E-state index contributed by atoms with van der Waals surface area (Å²) in [5.41, 5.74) is 17.4. The van der Waals surface area contributed by atoms with Crippen molar-refractivity contribution < 1.29 is 14.5 Å². The Morgan fingerprint density at radius 1 is 1.38 bits per heavy atom. The molecule has 0 aliphatic carbocycles. The Labute approximate surface area is 167 Å². The molecule has 1 aromatic rings. The number of carbonyl (C=O) groups excluding carboxylic acids is 1. The van der Waals surface area contributed by atoms with Gasteiger partial charge in [0.05, 0.1) is 47.2 Å². The molecular formula is C18H21N7O4. The van der Waals surface area contributed by atoms with Crippen LogP contribution in [0.15, 0.2) is 47.8 Å². The largest absolute Gasteiger partial charge is 0.495 e. The summed E-state index contributed by atoms with van der Waals surface area (Å²) in [5.74, 6) is 0.304. The molecule has 0 unspecified atom stereocenters. The molecule has 0 fully saturated rings. The third-order valence-corrected chi connectivity index (χ3v) is 3.08. The second-order valence-electron chi connectivity index (χ2n) is 5.31. The van der Waals surface area contributed by atoms with Gasteiger partial charge in [-0.15, -0.1) is 0 Å². The van der Waals surface area contributed by atoms with Crippen molar-refractivity contribution >= 4 is 23.0 Å². The van der Waals surface area contributed by atoms with Gasteiger partial charge in [-0.3, -0.25) is 14.9 Å². The van der Waals surface area contributed by atoms with Crippen LogP contribution in [0.5, 0.6) is 5.75 Å². The molecule has 0 saturated heterocycles. The zero-order valence-electron chi connectivity index (χ0n) is 15.9. The first kappa shape index (κ1) is 24.5. The van der Waals surface area contributed by atoms with E-state index < -0.39 is 4.92 Å². The number of nitrogens with two attached hydrogens (primary N) is 3. The number of hydrogen-bond acceptors (Lipinski definition) is 9. The molecule has 0 aromatic heterocycles. The van der Waals surface area contributed by atoms with Crippen molar-refractivity contribution in [3.05, 3.63) is 57.9 Å². The average molecular weight is 399 g/mol. The van der Waals surface area contributed by atoms with Gasteiger partial charge in [-0.2, -0.15) is 10.5 Å². The number of allylic oxidation sites excluding steroid dienone is 3. The first-order valence-corrected chi connectivity index (χ1v) is 7.85.